The molecule has 0 saturated heterocycles. The topological polar surface area (TPSA) is 72.2 Å². The fourth-order valence-corrected chi connectivity index (χ4v) is 2.15. The van der Waals surface area contributed by atoms with E-state index in [9.17, 15) is 9.59 Å². The van der Waals surface area contributed by atoms with Crippen molar-refractivity contribution in [1.29, 1.82) is 0 Å². The van der Waals surface area contributed by atoms with Crippen molar-refractivity contribution in [2.24, 2.45) is 5.73 Å². The fourth-order valence-electron chi connectivity index (χ4n) is 1.69. The van der Waals surface area contributed by atoms with Gasteiger partial charge in [0.15, 0.2) is 0 Å². The molecule has 3 N–H and O–H groups in total. The molecule has 4 nitrogen and oxygen atoms in total. The summed E-state index contributed by atoms with van der Waals surface area (Å²) in [5.41, 5.74) is 6.75. The molecule has 0 aliphatic rings. The highest BCUT2D eigenvalue weighted by atomic mass is 32.2. The molecule has 5 heteroatoms. The van der Waals surface area contributed by atoms with Crippen LogP contribution in [0.15, 0.2) is 53.4 Å². The Morgan fingerprint density at radius 2 is 1.70 bits per heavy atom. The van der Waals surface area contributed by atoms with Crippen LogP contribution in [0.25, 0.3) is 0 Å². The normalized spacial score (nSPS) is 10.1. The van der Waals surface area contributed by atoms with Gasteiger partial charge in [0.2, 0.25) is 5.91 Å². The SMILES string of the molecule is CSc1cccc(NC(=O)c2ccc(C(N)=O)cc2)c1. The zero-order valence-electron chi connectivity index (χ0n) is 10.9. The first kappa shape index (κ1) is 14.1. The molecule has 0 fully saturated rings. The summed E-state index contributed by atoms with van der Waals surface area (Å²) >= 11 is 1.61. The number of nitrogens with one attached hydrogen (secondary N) is 1. The monoisotopic (exact) mass is 286 g/mol. The Morgan fingerprint density at radius 3 is 2.30 bits per heavy atom. The number of anilines is 1. The van der Waals surface area contributed by atoms with E-state index >= 15 is 0 Å². The van der Waals surface area contributed by atoms with E-state index in [1.165, 1.54) is 12.1 Å². The van der Waals surface area contributed by atoms with Crippen LogP contribution in [0.5, 0.6) is 0 Å². The lowest BCUT2D eigenvalue weighted by Gasteiger charge is -2.07. The van der Waals surface area contributed by atoms with Gasteiger partial charge in [-0.05, 0) is 48.7 Å². The van der Waals surface area contributed by atoms with Crippen LogP contribution in [0.4, 0.5) is 5.69 Å². The zero-order valence-corrected chi connectivity index (χ0v) is 11.7. The van der Waals surface area contributed by atoms with E-state index < -0.39 is 5.91 Å². The highest BCUT2D eigenvalue weighted by Crippen LogP contribution is 2.19. The number of nitrogens with two attached hydrogens (primary N) is 1. The molecular weight excluding hydrogens is 272 g/mol. The molecular formula is C15H14N2O2S. The lowest BCUT2D eigenvalue weighted by Crippen LogP contribution is -2.14. The first-order valence-corrected chi connectivity index (χ1v) is 7.18. The molecule has 0 aliphatic carbocycles. The summed E-state index contributed by atoms with van der Waals surface area (Å²) in [5.74, 6) is -0.732. The van der Waals surface area contributed by atoms with E-state index in [1.54, 1.807) is 23.9 Å². The van der Waals surface area contributed by atoms with Gasteiger partial charge >= 0.3 is 0 Å². The molecule has 0 heterocycles. The van der Waals surface area contributed by atoms with Crippen LogP contribution in [-0.4, -0.2) is 18.1 Å². The van der Waals surface area contributed by atoms with Crippen LogP contribution < -0.4 is 11.1 Å². The number of carbonyl (C=O) groups excluding carboxylic acids is 2. The summed E-state index contributed by atoms with van der Waals surface area (Å²) in [7, 11) is 0. The van der Waals surface area contributed by atoms with E-state index in [0.29, 0.717) is 11.1 Å². The Hall–Kier alpha value is -2.27. The lowest BCUT2D eigenvalue weighted by atomic mass is 10.1. The average molecular weight is 286 g/mol. The summed E-state index contributed by atoms with van der Waals surface area (Å²) in [6, 6.07) is 13.8. The number of thioether (sulfide) groups is 1. The third-order valence-electron chi connectivity index (χ3n) is 2.76. The minimum absolute atomic E-state index is 0.223. The summed E-state index contributed by atoms with van der Waals surface area (Å²) in [4.78, 5) is 24.1. The largest absolute Gasteiger partial charge is 0.366 e. The van der Waals surface area contributed by atoms with E-state index in [2.05, 4.69) is 5.32 Å². The minimum Gasteiger partial charge on any atom is -0.366 e. The number of primary amides is 1. The van der Waals surface area contributed by atoms with Gasteiger partial charge in [0.05, 0.1) is 0 Å². The Labute approximate surface area is 121 Å². The van der Waals surface area contributed by atoms with Crippen molar-refractivity contribution in [3.05, 3.63) is 59.7 Å². The number of amides is 2. The number of rotatable bonds is 4. The van der Waals surface area contributed by atoms with Crippen molar-refractivity contribution in [2.75, 3.05) is 11.6 Å². The van der Waals surface area contributed by atoms with E-state index in [1.807, 2.05) is 30.5 Å². The third kappa shape index (κ3) is 3.39. The maximum absolute atomic E-state index is 12.1. The molecule has 102 valence electrons. The van der Waals surface area contributed by atoms with Gasteiger partial charge in [0.1, 0.15) is 0 Å². The first-order chi connectivity index (χ1) is 9.60. The van der Waals surface area contributed by atoms with Crippen LogP contribution in [0, 0.1) is 0 Å². The molecule has 0 bridgehead atoms. The molecule has 0 radical (unpaired) electrons. The highest BCUT2D eigenvalue weighted by Gasteiger charge is 2.07. The molecule has 2 aromatic rings. The van der Waals surface area contributed by atoms with Crippen LogP contribution in [0.2, 0.25) is 0 Å². The molecule has 0 aromatic heterocycles. The Bertz CT molecular complexity index is 639. The van der Waals surface area contributed by atoms with Gasteiger partial charge in [0.25, 0.3) is 5.91 Å². The molecule has 0 spiro atoms. The van der Waals surface area contributed by atoms with Crippen LogP contribution in [0.3, 0.4) is 0 Å². The quantitative estimate of drug-likeness (QED) is 0.849. The van der Waals surface area contributed by atoms with Crippen molar-refractivity contribution < 1.29 is 9.59 Å². The molecule has 20 heavy (non-hydrogen) atoms. The van der Waals surface area contributed by atoms with Crippen molar-refractivity contribution in [3.8, 4) is 0 Å². The number of benzene rings is 2. The summed E-state index contributed by atoms with van der Waals surface area (Å²) in [6.45, 7) is 0. The summed E-state index contributed by atoms with van der Waals surface area (Å²) < 4.78 is 0. The maximum atomic E-state index is 12.1. The smallest absolute Gasteiger partial charge is 0.255 e. The first-order valence-electron chi connectivity index (χ1n) is 5.95. The van der Waals surface area contributed by atoms with Crippen molar-refractivity contribution >= 4 is 29.3 Å². The van der Waals surface area contributed by atoms with Crippen molar-refractivity contribution in [1.82, 2.24) is 0 Å². The molecule has 2 aromatic carbocycles. The lowest BCUT2D eigenvalue weighted by molar-refractivity contribution is 0.0995. The fraction of sp³-hybridized carbons (Fsp3) is 0.0667. The molecule has 2 rings (SSSR count). The van der Waals surface area contributed by atoms with Gasteiger partial charge in [-0.1, -0.05) is 6.07 Å². The second kappa shape index (κ2) is 6.25. The Morgan fingerprint density at radius 1 is 1.05 bits per heavy atom. The third-order valence-corrected chi connectivity index (χ3v) is 3.48. The van der Waals surface area contributed by atoms with Gasteiger partial charge in [-0.25, -0.2) is 0 Å². The van der Waals surface area contributed by atoms with Gasteiger partial charge in [0, 0.05) is 21.7 Å². The van der Waals surface area contributed by atoms with Crippen molar-refractivity contribution in [2.45, 2.75) is 4.90 Å². The van der Waals surface area contributed by atoms with Gasteiger partial charge < -0.3 is 11.1 Å². The predicted molar refractivity (Wildman–Crippen MR) is 81.1 cm³/mol. The molecule has 0 atom stereocenters. The number of carbonyl (C=O) groups is 2. The van der Waals surface area contributed by atoms with Crippen LogP contribution in [-0.2, 0) is 0 Å². The maximum Gasteiger partial charge on any atom is 0.255 e. The van der Waals surface area contributed by atoms with E-state index in [0.717, 1.165) is 10.6 Å². The number of hydrogen-bond donors (Lipinski definition) is 2. The standard InChI is InChI=1S/C15H14N2O2S/c1-20-13-4-2-3-12(9-13)17-15(19)11-7-5-10(6-8-11)14(16)18/h2-9H,1H3,(H2,16,18)(H,17,19). The van der Waals surface area contributed by atoms with Gasteiger partial charge in [-0.15, -0.1) is 11.8 Å². The Kier molecular flexibility index (Phi) is 4.42. The van der Waals surface area contributed by atoms with Crippen molar-refractivity contribution in [3.63, 3.8) is 0 Å². The van der Waals surface area contributed by atoms with Gasteiger partial charge in [-0.3, -0.25) is 9.59 Å². The number of hydrogen-bond acceptors (Lipinski definition) is 3. The molecule has 0 saturated carbocycles. The van der Waals surface area contributed by atoms with E-state index in [4.69, 9.17) is 5.73 Å². The molecule has 2 amide bonds. The average Bonchev–Trinajstić information content (AvgIpc) is 2.47. The van der Waals surface area contributed by atoms with Crippen LogP contribution >= 0.6 is 11.8 Å². The summed E-state index contributed by atoms with van der Waals surface area (Å²) in [6.07, 6.45) is 1.98. The Balaban J connectivity index is 2.13. The minimum atomic E-state index is -0.510. The van der Waals surface area contributed by atoms with E-state index in [-0.39, 0.29) is 5.91 Å². The zero-order chi connectivity index (χ0) is 14.5. The van der Waals surface area contributed by atoms with Crippen LogP contribution in [0.1, 0.15) is 20.7 Å². The van der Waals surface area contributed by atoms with Gasteiger partial charge in [-0.2, -0.15) is 0 Å². The predicted octanol–water partition coefficient (Wildman–Crippen LogP) is 2.76. The summed E-state index contributed by atoms with van der Waals surface area (Å²) in [5, 5.41) is 2.81. The second-order valence-corrected chi connectivity index (χ2v) is 5.01. The molecule has 0 aliphatic heterocycles. The second-order valence-electron chi connectivity index (χ2n) is 4.13. The molecule has 0 unspecified atom stereocenters. The highest BCUT2D eigenvalue weighted by molar-refractivity contribution is 7.98.